The minimum atomic E-state index is -1.09. The molecule has 5 heteroatoms. The van der Waals surface area contributed by atoms with Crippen LogP contribution < -0.4 is 4.74 Å². The van der Waals surface area contributed by atoms with E-state index in [1.54, 1.807) is 18.3 Å². The lowest BCUT2D eigenvalue weighted by atomic mass is 10.1. The van der Waals surface area contributed by atoms with Crippen LogP contribution in [0.1, 0.15) is 10.4 Å². The molecular weight excluding hydrogens is 268 g/mol. The average molecular weight is 280 g/mol. The van der Waals surface area contributed by atoms with E-state index in [9.17, 15) is 9.90 Å². The van der Waals surface area contributed by atoms with Gasteiger partial charge < -0.3 is 9.84 Å². The molecule has 0 spiro atoms. The van der Waals surface area contributed by atoms with E-state index in [1.165, 1.54) is 7.11 Å². The largest absolute Gasteiger partial charge is 0.496 e. The first kappa shape index (κ1) is 13.1. The summed E-state index contributed by atoms with van der Waals surface area (Å²) >= 11 is 0. The van der Waals surface area contributed by atoms with Crippen LogP contribution in [0.25, 0.3) is 22.3 Å². The summed E-state index contributed by atoms with van der Waals surface area (Å²) in [5.74, 6) is -0.813. The van der Waals surface area contributed by atoms with Gasteiger partial charge in [-0.05, 0) is 12.1 Å². The van der Waals surface area contributed by atoms with Crippen LogP contribution in [0.4, 0.5) is 0 Å². The average Bonchev–Trinajstić information content (AvgIpc) is 2.53. The van der Waals surface area contributed by atoms with Crippen LogP contribution in [0.5, 0.6) is 5.75 Å². The topological polar surface area (TPSA) is 72.3 Å². The summed E-state index contributed by atoms with van der Waals surface area (Å²) in [5, 5.41) is 9.41. The Morgan fingerprint density at radius 1 is 1.14 bits per heavy atom. The summed E-state index contributed by atoms with van der Waals surface area (Å²) < 4.78 is 5.11. The number of benzene rings is 2. The molecule has 0 unspecified atom stereocenters. The molecule has 104 valence electrons. The van der Waals surface area contributed by atoms with Crippen LogP contribution in [0.15, 0.2) is 48.7 Å². The number of hydrogen-bond acceptors (Lipinski definition) is 4. The van der Waals surface area contributed by atoms with E-state index >= 15 is 0 Å². The van der Waals surface area contributed by atoms with Gasteiger partial charge in [0, 0.05) is 5.56 Å². The van der Waals surface area contributed by atoms with Crippen molar-refractivity contribution in [2.45, 2.75) is 0 Å². The highest BCUT2D eigenvalue weighted by Gasteiger charge is 2.18. The van der Waals surface area contributed by atoms with E-state index in [1.807, 2.05) is 30.3 Å². The minimum absolute atomic E-state index is 0.0280. The fourth-order valence-electron chi connectivity index (χ4n) is 2.18. The maximum absolute atomic E-state index is 11.5. The summed E-state index contributed by atoms with van der Waals surface area (Å²) in [7, 11) is 1.43. The number of rotatable bonds is 3. The van der Waals surface area contributed by atoms with Gasteiger partial charge in [0.05, 0.1) is 24.5 Å². The number of carboxylic acid groups (broad SMARTS) is 1. The molecule has 0 aliphatic heterocycles. The highest BCUT2D eigenvalue weighted by Crippen LogP contribution is 2.27. The zero-order chi connectivity index (χ0) is 14.8. The van der Waals surface area contributed by atoms with Gasteiger partial charge in [-0.2, -0.15) is 0 Å². The highest BCUT2D eigenvalue weighted by atomic mass is 16.5. The monoisotopic (exact) mass is 280 g/mol. The Morgan fingerprint density at radius 3 is 2.57 bits per heavy atom. The molecule has 5 nitrogen and oxygen atoms in total. The van der Waals surface area contributed by atoms with E-state index in [4.69, 9.17) is 4.74 Å². The lowest BCUT2D eigenvalue weighted by Crippen LogP contribution is -2.04. The maximum Gasteiger partial charge on any atom is 0.341 e. The molecule has 0 amide bonds. The van der Waals surface area contributed by atoms with Crippen LogP contribution in [-0.2, 0) is 0 Å². The first-order chi connectivity index (χ1) is 10.2. The van der Waals surface area contributed by atoms with Gasteiger partial charge in [0.2, 0.25) is 0 Å². The van der Waals surface area contributed by atoms with Crippen molar-refractivity contribution in [1.29, 1.82) is 0 Å². The third-order valence-corrected chi connectivity index (χ3v) is 3.18. The number of hydrogen-bond donors (Lipinski definition) is 1. The number of aromatic carboxylic acids is 1. The summed E-state index contributed by atoms with van der Waals surface area (Å²) in [4.78, 5) is 20.2. The number of methoxy groups -OCH3 is 1. The Bertz CT molecular complexity index is 816. The molecule has 0 atom stereocenters. The van der Waals surface area contributed by atoms with Crippen molar-refractivity contribution in [2.24, 2.45) is 0 Å². The standard InChI is InChI=1S/C16H12N2O3/c1-21-13-8-7-11-15(14(13)16(19)20)18-12(9-17-11)10-5-3-2-4-6-10/h2-9H,1H3,(H,19,20). The molecule has 2 aromatic carbocycles. The number of carbonyl (C=O) groups is 1. The van der Waals surface area contributed by atoms with Crippen molar-refractivity contribution < 1.29 is 14.6 Å². The molecule has 0 radical (unpaired) electrons. The second-order valence-corrected chi connectivity index (χ2v) is 4.44. The lowest BCUT2D eigenvalue weighted by molar-refractivity contribution is 0.0695. The Morgan fingerprint density at radius 2 is 1.90 bits per heavy atom. The van der Waals surface area contributed by atoms with Crippen molar-refractivity contribution >= 4 is 17.0 Å². The van der Waals surface area contributed by atoms with Gasteiger partial charge in [0.25, 0.3) is 0 Å². The zero-order valence-corrected chi connectivity index (χ0v) is 11.3. The van der Waals surface area contributed by atoms with Crippen molar-refractivity contribution in [3.05, 3.63) is 54.2 Å². The van der Waals surface area contributed by atoms with Gasteiger partial charge in [0.1, 0.15) is 16.8 Å². The quantitative estimate of drug-likeness (QED) is 0.798. The van der Waals surface area contributed by atoms with E-state index in [0.717, 1.165) is 5.56 Å². The Hall–Kier alpha value is -2.95. The summed E-state index contributed by atoms with van der Waals surface area (Å²) in [6.45, 7) is 0. The minimum Gasteiger partial charge on any atom is -0.496 e. The molecule has 1 heterocycles. The van der Waals surface area contributed by atoms with Gasteiger partial charge >= 0.3 is 5.97 Å². The molecule has 0 saturated heterocycles. The van der Waals surface area contributed by atoms with Crippen LogP contribution in [0.3, 0.4) is 0 Å². The molecule has 3 aromatic rings. The predicted molar refractivity (Wildman–Crippen MR) is 78.5 cm³/mol. The number of nitrogens with zero attached hydrogens (tertiary/aromatic N) is 2. The van der Waals surface area contributed by atoms with Gasteiger partial charge in [-0.3, -0.25) is 4.98 Å². The molecular formula is C16H12N2O3. The molecule has 0 bridgehead atoms. The zero-order valence-electron chi connectivity index (χ0n) is 11.3. The van der Waals surface area contributed by atoms with Crippen molar-refractivity contribution in [3.8, 4) is 17.0 Å². The van der Waals surface area contributed by atoms with E-state index < -0.39 is 5.97 Å². The summed E-state index contributed by atoms with van der Waals surface area (Å²) in [6, 6.07) is 12.8. The predicted octanol–water partition coefficient (Wildman–Crippen LogP) is 3.00. The fraction of sp³-hybridized carbons (Fsp3) is 0.0625. The number of aromatic nitrogens is 2. The van der Waals surface area contributed by atoms with Gasteiger partial charge in [-0.1, -0.05) is 30.3 Å². The second kappa shape index (κ2) is 5.20. The number of carboxylic acids is 1. The van der Waals surface area contributed by atoms with Crippen molar-refractivity contribution in [3.63, 3.8) is 0 Å². The Kier molecular flexibility index (Phi) is 3.23. The third-order valence-electron chi connectivity index (χ3n) is 3.18. The smallest absolute Gasteiger partial charge is 0.341 e. The van der Waals surface area contributed by atoms with Crippen LogP contribution >= 0.6 is 0 Å². The Labute approximate surface area is 120 Å². The van der Waals surface area contributed by atoms with Crippen LogP contribution in [0.2, 0.25) is 0 Å². The number of ether oxygens (including phenoxy) is 1. The molecule has 1 aromatic heterocycles. The van der Waals surface area contributed by atoms with Crippen LogP contribution in [0, 0.1) is 0 Å². The molecule has 0 aliphatic rings. The van der Waals surface area contributed by atoms with Gasteiger partial charge in [-0.15, -0.1) is 0 Å². The first-order valence-electron chi connectivity index (χ1n) is 6.33. The summed E-state index contributed by atoms with van der Waals surface area (Å²) in [6.07, 6.45) is 1.63. The SMILES string of the molecule is COc1ccc2ncc(-c3ccccc3)nc2c1C(=O)O. The second-order valence-electron chi connectivity index (χ2n) is 4.44. The molecule has 0 saturated carbocycles. The third kappa shape index (κ3) is 2.29. The van der Waals surface area contributed by atoms with Gasteiger partial charge in [0.15, 0.2) is 0 Å². The van der Waals surface area contributed by atoms with E-state index in [-0.39, 0.29) is 11.3 Å². The lowest BCUT2D eigenvalue weighted by Gasteiger charge is -2.08. The molecule has 1 N–H and O–H groups in total. The van der Waals surface area contributed by atoms with Crippen LogP contribution in [-0.4, -0.2) is 28.2 Å². The first-order valence-corrected chi connectivity index (χ1v) is 6.33. The normalized spacial score (nSPS) is 10.5. The number of fused-ring (bicyclic) bond motifs is 1. The molecule has 0 aliphatic carbocycles. The van der Waals surface area contributed by atoms with E-state index in [2.05, 4.69) is 9.97 Å². The Balaban J connectivity index is 2.29. The molecule has 3 rings (SSSR count). The van der Waals surface area contributed by atoms with Crippen molar-refractivity contribution in [2.75, 3.05) is 7.11 Å². The maximum atomic E-state index is 11.5. The summed E-state index contributed by atoms with van der Waals surface area (Å²) in [5.41, 5.74) is 2.38. The van der Waals surface area contributed by atoms with E-state index in [0.29, 0.717) is 16.7 Å². The highest BCUT2D eigenvalue weighted by molar-refractivity contribution is 6.03. The molecule has 0 fully saturated rings. The van der Waals surface area contributed by atoms with Gasteiger partial charge in [-0.25, -0.2) is 9.78 Å². The van der Waals surface area contributed by atoms with Crippen molar-refractivity contribution in [1.82, 2.24) is 9.97 Å². The molecule has 21 heavy (non-hydrogen) atoms. The fourth-order valence-corrected chi connectivity index (χ4v) is 2.18.